The summed E-state index contributed by atoms with van der Waals surface area (Å²) in [5.74, 6) is -4.21. The molecule has 5 rings (SSSR count). The number of carbonyl (C=O) groups is 1. The molecule has 2 aliphatic heterocycles. The summed E-state index contributed by atoms with van der Waals surface area (Å²) in [4.78, 5) is 14.5. The number of anilines is 2. The first-order valence-electron chi connectivity index (χ1n) is 13.3. The van der Waals surface area contributed by atoms with Gasteiger partial charge < -0.3 is 15.2 Å². The van der Waals surface area contributed by atoms with Crippen LogP contribution in [0.4, 0.5) is 42.1 Å². The fraction of sp³-hybridized carbons (Fsp3) is 0.300. The molecule has 7 nitrogen and oxygen atoms in total. The van der Waals surface area contributed by atoms with E-state index in [2.05, 4.69) is 10.1 Å². The van der Waals surface area contributed by atoms with E-state index in [-0.39, 0.29) is 35.1 Å². The fourth-order valence-electron chi connectivity index (χ4n) is 5.71. The molecule has 0 radical (unpaired) electrons. The number of allylic oxidation sites excluding steroid dienone is 1. The second-order valence-electron chi connectivity index (χ2n) is 11.5. The second-order valence-corrected chi connectivity index (χ2v) is 13.4. The number of alkyl halides is 6. The summed E-state index contributed by atoms with van der Waals surface area (Å²) in [6, 6.07) is 7.99. The molecule has 0 saturated carbocycles. The number of para-hydroxylation sites is 2. The summed E-state index contributed by atoms with van der Waals surface area (Å²) in [5.41, 5.74) is -3.55. The van der Waals surface area contributed by atoms with Gasteiger partial charge >= 0.3 is 12.5 Å². The number of halogens is 7. The summed E-state index contributed by atoms with van der Waals surface area (Å²) in [6.07, 6.45) is -10.9. The normalized spacial score (nSPS) is 19.2. The van der Waals surface area contributed by atoms with Gasteiger partial charge in [-0.1, -0.05) is 44.2 Å². The fourth-order valence-corrected chi connectivity index (χ4v) is 8.07. The van der Waals surface area contributed by atoms with Gasteiger partial charge in [0.15, 0.2) is 9.84 Å². The van der Waals surface area contributed by atoms with E-state index in [0.29, 0.717) is 6.07 Å². The van der Waals surface area contributed by atoms with E-state index in [0.717, 1.165) is 23.1 Å². The minimum Gasteiger partial charge on any atom is -0.506 e. The average molecular weight is 659 g/mol. The third-order valence-electron chi connectivity index (χ3n) is 7.36. The number of aromatic hydroxyl groups is 1. The van der Waals surface area contributed by atoms with E-state index in [1.807, 2.05) is 0 Å². The predicted molar refractivity (Wildman–Crippen MR) is 149 cm³/mol. The van der Waals surface area contributed by atoms with Crippen molar-refractivity contribution in [2.45, 2.75) is 45.3 Å². The van der Waals surface area contributed by atoms with Crippen LogP contribution in [0.3, 0.4) is 0 Å². The van der Waals surface area contributed by atoms with Crippen LogP contribution >= 0.6 is 0 Å². The Morgan fingerprint density at radius 2 is 1.73 bits per heavy atom. The Kier molecular flexibility index (Phi) is 7.83. The first kappa shape index (κ1) is 32.1. The summed E-state index contributed by atoms with van der Waals surface area (Å²) in [7, 11) is -4.39. The molecule has 0 saturated heterocycles. The maximum Gasteiger partial charge on any atom is 0.573 e. The van der Waals surface area contributed by atoms with Gasteiger partial charge in [-0.25, -0.2) is 12.8 Å². The summed E-state index contributed by atoms with van der Waals surface area (Å²) >= 11 is 0. The van der Waals surface area contributed by atoms with Crippen LogP contribution in [0.2, 0.25) is 0 Å². The maximum absolute atomic E-state index is 15.8. The van der Waals surface area contributed by atoms with Crippen molar-refractivity contribution in [1.82, 2.24) is 0 Å². The van der Waals surface area contributed by atoms with E-state index in [1.54, 1.807) is 13.8 Å². The van der Waals surface area contributed by atoms with Crippen LogP contribution in [-0.4, -0.2) is 31.5 Å². The number of sulfone groups is 1. The number of rotatable bonds is 4. The number of amides is 1. The number of hydrogen-bond donors (Lipinski definition) is 2. The highest BCUT2D eigenvalue weighted by molar-refractivity contribution is 7.95. The molecule has 45 heavy (non-hydrogen) atoms. The molecule has 1 amide bonds. The zero-order valence-corrected chi connectivity index (χ0v) is 24.4. The van der Waals surface area contributed by atoms with E-state index in [4.69, 9.17) is 0 Å². The summed E-state index contributed by atoms with van der Waals surface area (Å²) in [6.45, 7) is 3.28. The number of fused-ring (bicyclic) bond motifs is 1. The molecular formula is C30H25F7N2O5S. The summed E-state index contributed by atoms with van der Waals surface area (Å²) < 4.78 is 127. The third-order valence-corrected chi connectivity index (χ3v) is 9.66. The Morgan fingerprint density at radius 1 is 1.04 bits per heavy atom. The topological polar surface area (TPSA) is 95.9 Å². The molecule has 0 spiro atoms. The van der Waals surface area contributed by atoms with Crippen LogP contribution in [0.15, 0.2) is 71.3 Å². The Hall–Kier alpha value is -4.27. The van der Waals surface area contributed by atoms with Gasteiger partial charge in [0.05, 0.1) is 28.3 Å². The monoisotopic (exact) mass is 658 g/mol. The maximum atomic E-state index is 15.8. The van der Waals surface area contributed by atoms with Crippen LogP contribution in [0.5, 0.6) is 11.5 Å². The predicted octanol–water partition coefficient (Wildman–Crippen LogP) is 7.25. The lowest BCUT2D eigenvalue weighted by Crippen LogP contribution is -2.42. The highest BCUT2D eigenvalue weighted by Gasteiger charge is 2.48. The number of nitrogens with zero attached hydrogens (tertiary/aromatic N) is 1. The van der Waals surface area contributed by atoms with Gasteiger partial charge in [0.2, 0.25) is 5.91 Å². The molecule has 2 N–H and O–H groups in total. The van der Waals surface area contributed by atoms with Gasteiger partial charge in [-0.3, -0.25) is 9.69 Å². The molecule has 0 aromatic heterocycles. The van der Waals surface area contributed by atoms with Crippen molar-refractivity contribution in [3.05, 3.63) is 93.8 Å². The quantitative estimate of drug-likeness (QED) is 0.227. The molecule has 2 aliphatic rings. The number of phenolic OH excluding ortho intramolecular Hbond substituents is 1. The Morgan fingerprint density at radius 3 is 2.38 bits per heavy atom. The lowest BCUT2D eigenvalue weighted by Gasteiger charge is -2.37. The van der Waals surface area contributed by atoms with Gasteiger partial charge in [-0.2, -0.15) is 13.2 Å². The molecule has 0 unspecified atom stereocenters. The minimum atomic E-state index is -5.13. The van der Waals surface area contributed by atoms with E-state index in [1.165, 1.54) is 30.3 Å². The van der Waals surface area contributed by atoms with E-state index < -0.39 is 85.3 Å². The van der Waals surface area contributed by atoms with Crippen molar-refractivity contribution in [3.63, 3.8) is 0 Å². The van der Waals surface area contributed by atoms with Gasteiger partial charge in [0, 0.05) is 16.8 Å². The second kappa shape index (κ2) is 11.0. The number of nitrogens with one attached hydrogen (secondary N) is 1. The number of benzene rings is 3. The van der Waals surface area contributed by atoms with Crippen LogP contribution < -0.4 is 15.0 Å². The average Bonchev–Trinajstić information content (AvgIpc) is 3.03. The van der Waals surface area contributed by atoms with Gasteiger partial charge in [0.25, 0.3) is 0 Å². The molecule has 2 heterocycles. The molecule has 0 fully saturated rings. The van der Waals surface area contributed by atoms with Crippen molar-refractivity contribution in [2.75, 3.05) is 16.0 Å². The highest BCUT2D eigenvalue weighted by atomic mass is 32.2. The smallest absolute Gasteiger partial charge is 0.506 e. The molecule has 1 atom stereocenters. The standard InChI is InChI=1S/C30H25F7N2O5S/c1-28(2)14-20-27(45(42,43)15-28)26(18-11-10-17(13-19(18)31)29(32,33)34)39(21-7-5-8-22(40)25(21)38-20)24(41)12-16-6-3-4-9-23(16)44-30(35,36)37/h3-11,13,26,38,40H,12,14-15H2,1-2H3/t26-/m0/s1. The largest absolute Gasteiger partial charge is 0.573 e. The minimum absolute atomic E-state index is 0.0123. The summed E-state index contributed by atoms with van der Waals surface area (Å²) in [5, 5.41) is 13.7. The first-order valence-corrected chi connectivity index (χ1v) is 15.0. The Labute approximate surface area is 252 Å². The molecule has 240 valence electrons. The number of carbonyl (C=O) groups excluding carboxylic acids is 1. The van der Waals surface area contributed by atoms with Crippen LogP contribution in [0.1, 0.15) is 43.0 Å². The lowest BCUT2D eigenvalue weighted by atomic mass is 9.88. The van der Waals surface area contributed by atoms with E-state index >= 15 is 4.39 Å². The van der Waals surface area contributed by atoms with Gasteiger partial charge in [-0.15, -0.1) is 13.2 Å². The lowest BCUT2D eigenvalue weighted by molar-refractivity contribution is -0.274. The van der Waals surface area contributed by atoms with Crippen molar-refractivity contribution in [3.8, 4) is 11.5 Å². The first-order chi connectivity index (χ1) is 20.8. The van der Waals surface area contributed by atoms with Crippen molar-refractivity contribution < 1.29 is 53.8 Å². The van der Waals surface area contributed by atoms with Crippen LogP contribution in [-0.2, 0) is 27.2 Å². The zero-order chi connectivity index (χ0) is 33.1. The SMILES string of the molecule is CC1(C)CC2=C([C@H](c3ccc(C(F)(F)F)cc3F)N(C(=O)Cc3ccccc3OC(F)(F)F)c3cccc(O)c3N2)S(=O)(=O)C1. The number of hydrogen-bond acceptors (Lipinski definition) is 6. The molecule has 3 aromatic rings. The van der Waals surface area contributed by atoms with Gasteiger partial charge in [-0.05, 0) is 42.2 Å². The van der Waals surface area contributed by atoms with Crippen molar-refractivity contribution in [1.29, 1.82) is 0 Å². The van der Waals surface area contributed by atoms with Gasteiger partial charge in [0.1, 0.15) is 29.0 Å². The van der Waals surface area contributed by atoms with E-state index in [9.17, 15) is 44.7 Å². The molecule has 15 heteroatoms. The molecule has 0 bridgehead atoms. The molecular weight excluding hydrogens is 633 g/mol. The highest BCUT2D eigenvalue weighted by Crippen LogP contribution is 2.52. The third kappa shape index (κ3) is 6.44. The molecule has 3 aromatic carbocycles. The van der Waals surface area contributed by atoms with Crippen LogP contribution in [0, 0.1) is 11.2 Å². The number of ether oxygens (including phenoxy) is 1. The van der Waals surface area contributed by atoms with Crippen LogP contribution in [0.25, 0.3) is 0 Å². The Bertz CT molecular complexity index is 1820. The zero-order valence-electron chi connectivity index (χ0n) is 23.6. The van der Waals surface area contributed by atoms with Crippen molar-refractivity contribution >= 4 is 27.1 Å². The Balaban J connectivity index is 1.78. The molecule has 0 aliphatic carbocycles. The van der Waals surface area contributed by atoms with Crippen molar-refractivity contribution in [2.24, 2.45) is 5.41 Å². The number of phenols is 1.